The summed E-state index contributed by atoms with van der Waals surface area (Å²) in [4.78, 5) is 18.0. The van der Waals surface area contributed by atoms with Gasteiger partial charge in [-0.3, -0.25) is 9.78 Å². The van der Waals surface area contributed by atoms with Crippen molar-refractivity contribution in [2.24, 2.45) is 0 Å². The van der Waals surface area contributed by atoms with Crippen molar-refractivity contribution in [3.05, 3.63) is 88.7 Å². The molecule has 0 amide bonds. The van der Waals surface area contributed by atoms with E-state index in [1.165, 1.54) is 30.3 Å². The summed E-state index contributed by atoms with van der Waals surface area (Å²) in [5.74, 6) is -4.04. The third kappa shape index (κ3) is 2.83. The second-order valence-electron chi connectivity index (χ2n) is 6.45. The molecule has 0 atom stereocenters. The fraction of sp³-hybridized carbons (Fsp3) is 0.0500. The highest BCUT2D eigenvalue weighted by Crippen LogP contribution is 2.35. The van der Waals surface area contributed by atoms with E-state index in [9.17, 15) is 4.79 Å². The van der Waals surface area contributed by atoms with Gasteiger partial charge in [0.2, 0.25) is 11.4 Å². The van der Waals surface area contributed by atoms with Gasteiger partial charge >= 0.3 is 5.92 Å². The largest absolute Gasteiger partial charge is 0.333 e. The summed E-state index contributed by atoms with van der Waals surface area (Å²) < 4.78 is 31.7. The number of aromatic nitrogens is 6. The number of H-pyrrole nitrogens is 1. The molecular formula is C20H12F2N6O. The van der Waals surface area contributed by atoms with E-state index >= 15 is 8.78 Å². The van der Waals surface area contributed by atoms with Crippen molar-refractivity contribution in [3.8, 4) is 11.3 Å². The van der Waals surface area contributed by atoms with Gasteiger partial charge in [-0.05, 0) is 47.9 Å². The van der Waals surface area contributed by atoms with Crippen molar-refractivity contribution < 1.29 is 8.78 Å². The van der Waals surface area contributed by atoms with Gasteiger partial charge in [-0.15, -0.1) is 10.2 Å². The lowest BCUT2D eigenvalue weighted by molar-refractivity contribution is 0.0307. The molecule has 0 spiro atoms. The minimum atomic E-state index is -3.45. The van der Waals surface area contributed by atoms with E-state index in [-0.39, 0.29) is 16.8 Å². The lowest BCUT2D eigenvalue weighted by atomic mass is 10.0. The Bertz CT molecular complexity index is 1410. The molecule has 4 heterocycles. The van der Waals surface area contributed by atoms with E-state index in [1.54, 1.807) is 36.7 Å². The summed E-state index contributed by atoms with van der Waals surface area (Å²) in [5, 5.41) is 12.3. The average Bonchev–Trinajstić information content (AvgIpc) is 3.18. The zero-order valence-electron chi connectivity index (χ0n) is 14.8. The molecule has 0 radical (unpaired) electrons. The molecule has 0 saturated heterocycles. The van der Waals surface area contributed by atoms with Gasteiger partial charge in [-0.25, -0.2) is 0 Å². The van der Waals surface area contributed by atoms with Crippen molar-refractivity contribution in [1.29, 1.82) is 0 Å². The smallest absolute Gasteiger partial charge is 0.322 e. The van der Waals surface area contributed by atoms with Crippen LogP contribution in [0.4, 0.5) is 8.78 Å². The van der Waals surface area contributed by atoms with Crippen LogP contribution >= 0.6 is 0 Å². The maximum atomic E-state index is 15.3. The summed E-state index contributed by atoms with van der Waals surface area (Å²) in [7, 11) is 0. The SMILES string of the molecule is O=c1ccc2cc(C(F)(F)c3nnc4ccc(-c5ccncc5)nn34)ccc2[nH]1. The fourth-order valence-corrected chi connectivity index (χ4v) is 3.14. The molecule has 0 fully saturated rings. The van der Waals surface area contributed by atoms with Gasteiger partial charge in [0.25, 0.3) is 0 Å². The number of fused-ring (bicyclic) bond motifs is 2. The highest BCUT2D eigenvalue weighted by molar-refractivity contribution is 5.79. The lowest BCUT2D eigenvalue weighted by Crippen LogP contribution is -2.20. The molecule has 0 bridgehead atoms. The number of hydrogen-bond acceptors (Lipinski definition) is 5. The first-order valence-corrected chi connectivity index (χ1v) is 8.67. The normalized spacial score (nSPS) is 11.9. The molecule has 0 saturated carbocycles. The maximum Gasteiger partial charge on any atom is 0.333 e. The van der Waals surface area contributed by atoms with E-state index in [4.69, 9.17) is 0 Å². The van der Waals surface area contributed by atoms with Gasteiger partial charge < -0.3 is 4.98 Å². The standard InChI is InChI=1S/C20H12F2N6O/c21-20(22,14-2-3-15-13(11-14)1-6-18(29)24-15)19-26-25-17-5-4-16(27-28(17)19)12-7-9-23-10-8-12/h1-11H,(H,24,29). The minimum Gasteiger partial charge on any atom is -0.322 e. The number of hydrogen-bond donors (Lipinski definition) is 1. The Morgan fingerprint density at radius 3 is 2.59 bits per heavy atom. The number of alkyl halides is 2. The van der Waals surface area contributed by atoms with Crippen LogP contribution in [0.15, 0.2) is 71.8 Å². The summed E-state index contributed by atoms with van der Waals surface area (Å²) in [5.41, 5.74) is 1.34. The number of nitrogens with one attached hydrogen (secondary N) is 1. The first-order chi connectivity index (χ1) is 14.0. The predicted octanol–water partition coefficient (Wildman–Crippen LogP) is 3.17. The number of aromatic amines is 1. The Morgan fingerprint density at radius 1 is 0.931 bits per heavy atom. The second kappa shape index (κ2) is 6.26. The molecule has 142 valence electrons. The highest BCUT2D eigenvalue weighted by Gasteiger charge is 2.40. The molecule has 0 aliphatic heterocycles. The molecule has 5 aromatic rings. The molecule has 0 unspecified atom stereocenters. The summed E-state index contributed by atoms with van der Waals surface area (Å²) in [6, 6.07) is 13.5. The van der Waals surface area contributed by atoms with Crippen LogP contribution in [-0.4, -0.2) is 29.8 Å². The van der Waals surface area contributed by atoms with Gasteiger partial charge in [0, 0.05) is 35.1 Å². The van der Waals surface area contributed by atoms with E-state index in [0.717, 1.165) is 10.1 Å². The van der Waals surface area contributed by atoms with Gasteiger partial charge in [0.1, 0.15) is 0 Å². The fourth-order valence-electron chi connectivity index (χ4n) is 3.14. The Labute approximate surface area is 161 Å². The van der Waals surface area contributed by atoms with Crippen LogP contribution in [-0.2, 0) is 5.92 Å². The Hall–Kier alpha value is -4.01. The van der Waals surface area contributed by atoms with Crippen molar-refractivity contribution in [1.82, 2.24) is 29.8 Å². The van der Waals surface area contributed by atoms with Crippen LogP contribution in [0.3, 0.4) is 0 Å². The molecule has 0 aliphatic rings. The number of nitrogens with zero attached hydrogens (tertiary/aromatic N) is 5. The van der Waals surface area contributed by atoms with Crippen LogP contribution in [0.1, 0.15) is 11.4 Å². The number of benzene rings is 1. The number of rotatable bonds is 3. The van der Waals surface area contributed by atoms with Crippen molar-refractivity contribution >= 4 is 16.6 Å². The molecule has 0 aliphatic carbocycles. The molecular weight excluding hydrogens is 378 g/mol. The Balaban J connectivity index is 1.65. The zero-order chi connectivity index (χ0) is 20.0. The molecule has 1 aromatic carbocycles. The van der Waals surface area contributed by atoms with Crippen LogP contribution < -0.4 is 5.56 Å². The minimum absolute atomic E-state index is 0.211. The second-order valence-corrected chi connectivity index (χ2v) is 6.45. The molecule has 5 rings (SSSR count). The van der Waals surface area contributed by atoms with Gasteiger partial charge in [-0.2, -0.15) is 18.4 Å². The molecule has 1 N–H and O–H groups in total. The van der Waals surface area contributed by atoms with Crippen molar-refractivity contribution in [2.45, 2.75) is 5.92 Å². The summed E-state index contributed by atoms with van der Waals surface area (Å²) in [6.45, 7) is 0. The third-order valence-corrected chi connectivity index (χ3v) is 4.61. The molecule has 7 nitrogen and oxygen atoms in total. The first-order valence-electron chi connectivity index (χ1n) is 8.67. The monoisotopic (exact) mass is 390 g/mol. The quantitative estimate of drug-likeness (QED) is 0.511. The zero-order valence-corrected chi connectivity index (χ0v) is 14.8. The van der Waals surface area contributed by atoms with E-state index in [1.807, 2.05) is 0 Å². The third-order valence-electron chi connectivity index (χ3n) is 4.61. The summed E-state index contributed by atoms with van der Waals surface area (Å²) >= 11 is 0. The van der Waals surface area contributed by atoms with Crippen LogP contribution in [0.5, 0.6) is 0 Å². The van der Waals surface area contributed by atoms with Crippen molar-refractivity contribution in [3.63, 3.8) is 0 Å². The highest BCUT2D eigenvalue weighted by atomic mass is 19.3. The van der Waals surface area contributed by atoms with Gasteiger partial charge in [0.05, 0.1) is 5.69 Å². The van der Waals surface area contributed by atoms with Crippen molar-refractivity contribution in [2.75, 3.05) is 0 Å². The van der Waals surface area contributed by atoms with E-state index < -0.39 is 11.7 Å². The first kappa shape index (κ1) is 17.1. The van der Waals surface area contributed by atoms with Gasteiger partial charge in [-0.1, -0.05) is 6.07 Å². The van der Waals surface area contributed by atoms with E-state index in [2.05, 4.69) is 25.3 Å². The van der Waals surface area contributed by atoms with Crippen LogP contribution in [0, 0.1) is 0 Å². The Kier molecular flexibility index (Phi) is 3.70. The number of pyridine rings is 2. The lowest BCUT2D eigenvalue weighted by Gasteiger charge is -2.15. The Morgan fingerprint density at radius 2 is 1.76 bits per heavy atom. The van der Waals surface area contributed by atoms with Gasteiger partial charge in [0.15, 0.2) is 5.65 Å². The molecule has 9 heteroatoms. The topological polar surface area (TPSA) is 88.8 Å². The van der Waals surface area contributed by atoms with E-state index in [0.29, 0.717) is 16.6 Å². The van der Waals surface area contributed by atoms with Crippen LogP contribution in [0.2, 0.25) is 0 Å². The maximum absolute atomic E-state index is 15.3. The molecule has 4 aromatic heterocycles. The molecule has 29 heavy (non-hydrogen) atoms. The number of halogens is 2. The predicted molar refractivity (Wildman–Crippen MR) is 102 cm³/mol. The average molecular weight is 390 g/mol. The summed E-state index contributed by atoms with van der Waals surface area (Å²) in [6.07, 6.45) is 3.20. The van der Waals surface area contributed by atoms with Crippen LogP contribution in [0.25, 0.3) is 27.8 Å².